The second-order valence-electron chi connectivity index (χ2n) is 5.86. The summed E-state index contributed by atoms with van der Waals surface area (Å²) in [5, 5.41) is 0.223. The van der Waals surface area contributed by atoms with Crippen LogP contribution in [0.2, 0.25) is 5.02 Å². The number of ether oxygens (including phenoxy) is 3. The van der Waals surface area contributed by atoms with Gasteiger partial charge in [-0.2, -0.15) is 0 Å². The summed E-state index contributed by atoms with van der Waals surface area (Å²) in [4.78, 5) is 26.6. The lowest BCUT2D eigenvalue weighted by Crippen LogP contribution is -2.27. The molecule has 2 aromatic carbocycles. The minimum Gasteiger partial charge on any atom is -0.493 e. The standard InChI is InChI=1S/C20H18ClNO5S/c1-25-15-8-13(9-16(26-2)18(15)27-3)10-17-19(23)22(20(24)28-17)11-12-5-4-6-14(21)7-12/h4-10H,11H2,1-3H3/b17-10-. The fourth-order valence-corrected chi connectivity index (χ4v) is 3.84. The Bertz CT molecular complexity index is 934. The maximum atomic E-state index is 12.7. The van der Waals surface area contributed by atoms with Gasteiger partial charge in [-0.1, -0.05) is 23.7 Å². The summed E-state index contributed by atoms with van der Waals surface area (Å²) in [7, 11) is 4.54. The van der Waals surface area contributed by atoms with Crippen molar-refractivity contribution in [1.29, 1.82) is 0 Å². The molecule has 1 aliphatic heterocycles. The molecule has 6 nitrogen and oxygen atoms in total. The summed E-state index contributed by atoms with van der Waals surface area (Å²) in [5.74, 6) is 1.03. The quantitative estimate of drug-likeness (QED) is 0.637. The number of rotatable bonds is 6. The maximum Gasteiger partial charge on any atom is 0.293 e. The van der Waals surface area contributed by atoms with Gasteiger partial charge in [-0.3, -0.25) is 14.5 Å². The van der Waals surface area contributed by atoms with Crippen molar-refractivity contribution in [2.45, 2.75) is 6.54 Å². The first kappa shape index (κ1) is 20.1. The van der Waals surface area contributed by atoms with Crippen molar-refractivity contribution in [3.8, 4) is 17.2 Å². The van der Waals surface area contributed by atoms with Crippen molar-refractivity contribution in [2.24, 2.45) is 0 Å². The van der Waals surface area contributed by atoms with Crippen molar-refractivity contribution in [3.05, 3.63) is 57.5 Å². The van der Waals surface area contributed by atoms with E-state index in [1.807, 2.05) is 6.07 Å². The average molecular weight is 420 g/mol. The molecule has 1 fully saturated rings. The van der Waals surface area contributed by atoms with Crippen LogP contribution >= 0.6 is 23.4 Å². The Kier molecular flexibility index (Phi) is 6.16. The van der Waals surface area contributed by atoms with Gasteiger partial charge in [0.15, 0.2) is 11.5 Å². The Hall–Kier alpha value is -2.64. The van der Waals surface area contributed by atoms with E-state index in [0.717, 1.165) is 17.3 Å². The van der Waals surface area contributed by atoms with Gasteiger partial charge >= 0.3 is 0 Å². The molecule has 0 atom stereocenters. The van der Waals surface area contributed by atoms with Gasteiger partial charge in [-0.05, 0) is 53.2 Å². The Morgan fingerprint density at radius 2 is 1.71 bits per heavy atom. The second-order valence-corrected chi connectivity index (χ2v) is 7.29. The van der Waals surface area contributed by atoms with E-state index in [-0.39, 0.29) is 17.7 Å². The van der Waals surface area contributed by atoms with Crippen LogP contribution in [0.3, 0.4) is 0 Å². The molecular formula is C20H18ClNO5S. The third kappa shape index (κ3) is 4.10. The first-order valence-electron chi connectivity index (χ1n) is 8.26. The molecule has 0 spiro atoms. The van der Waals surface area contributed by atoms with Gasteiger partial charge in [0, 0.05) is 5.02 Å². The highest BCUT2D eigenvalue weighted by Crippen LogP contribution is 2.40. The Morgan fingerprint density at radius 3 is 2.29 bits per heavy atom. The zero-order valence-electron chi connectivity index (χ0n) is 15.5. The normalized spacial score (nSPS) is 15.3. The number of amides is 2. The van der Waals surface area contributed by atoms with Gasteiger partial charge in [0.25, 0.3) is 11.1 Å². The van der Waals surface area contributed by atoms with E-state index in [0.29, 0.717) is 32.7 Å². The number of carbonyl (C=O) groups excluding carboxylic acids is 2. The molecule has 0 saturated carbocycles. The third-order valence-corrected chi connectivity index (χ3v) is 5.23. The van der Waals surface area contributed by atoms with Crippen LogP contribution in [-0.4, -0.2) is 37.4 Å². The summed E-state index contributed by atoms with van der Waals surface area (Å²) in [6, 6.07) is 10.5. The molecule has 0 bridgehead atoms. The van der Waals surface area contributed by atoms with E-state index < -0.39 is 0 Å². The number of halogens is 1. The number of hydrogen-bond donors (Lipinski definition) is 0. The van der Waals surface area contributed by atoms with Crippen LogP contribution < -0.4 is 14.2 Å². The third-order valence-electron chi connectivity index (χ3n) is 4.09. The molecule has 1 heterocycles. The maximum absolute atomic E-state index is 12.7. The van der Waals surface area contributed by atoms with Gasteiger partial charge in [0.2, 0.25) is 5.75 Å². The molecule has 0 N–H and O–H groups in total. The highest BCUT2D eigenvalue weighted by atomic mass is 35.5. The van der Waals surface area contributed by atoms with E-state index >= 15 is 0 Å². The molecule has 8 heteroatoms. The summed E-state index contributed by atoms with van der Waals surface area (Å²) >= 11 is 6.87. The number of carbonyl (C=O) groups is 2. The van der Waals surface area contributed by atoms with Crippen molar-refractivity contribution in [2.75, 3.05) is 21.3 Å². The number of thioether (sulfide) groups is 1. The summed E-state index contributed by atoms with van der Waals surface area (Å²) in [6.45, 7) is 0.165. The topological polar surface area (TPSA) is 65.1 Å². The molecule has 2 amide bonds. The van der Waals surface area contributed by atoms with Crippen LogP contribution in [-0.2, 0) is 11.3 Å². The molecular weight excluding hydrogens is 402 g/mol. The fraction of sp³-hybridized carbons (Fsp3) is 0.200. The molecule has 0 aliphatic carbocycles. The lowest BCUT2D eigenvalue weighted by molar-refractivity contribution is -0.123. The van der Waals surface area contributed by atoms with Crippen LogP contribution in [0, 0.1) is 0 Å². The van der Waals surface area contributed by atoms with Crippen molar-refractivity contribution >= 4 is 40.6 Å². The Balaban J connectivity index is 1.89. The summed E-state index contributed by atoms with van der Waals surface area (Å²) < 4.78 is 16.0. The van der Waals surface area contributed by atoms with Gasteiger partial charge in [-0.15, -0.1) is 0 Å². The van der Waals surface area contributed by atoms with Gasteiger partial charge in [-0.25, -0.2) is 0 Å². The van der Waals surface area contributed by atoms with Gasteiger partial charge in [0.05, 0.1) is 32.8 Å². The van der Waals surface area contributed by atoms with Crippen LogP contribution in [0.4, 0.5) is 4.79 Å². The molecule has 1 aliphatic rings. The van der Waals surface area contributed by atoms with Crippen LogP contribution in [0.15, 0.2) is 41.3 Å². The van der Waals surface area contributed by atoms with Crippen molar-refractivity contribution in [1.82, 2.24) is 4.90 Å². The molecule has 2 aromatic rings. The SMILES string of the molecule is COc1cc(/C=C2\SC(=O)N(Cc3cccc(Cl)c3)C2=O)cc(OC)c1OC. The minimum atomic E-state index is -0.358. The van der Waals surface area contributed by atoms with Crippen LogP contribution in [0.25, 0.3) is 6.08 Å². The van der Waals surface area contributed by atoms with E-state index in [4.69, 9.17) is 25.8 Å². The zero-order valence-corrected chi connectivity index (χ0v) is 17.1. The number of methoxy groups -OCH3 is 3. The van der Waals surface area contributed by atoms with Gasteiger partial charge < -0.3 is 14.2 Å². The monoisotopic (exact) mass is 419 g/mol. The first-order chi connectivity index (χ1) is 13.5. The molecule has 0 radical (unpaired) electrons. The molecule has 146 valence electrons. The predicted molar refractivity (Wildman–Crippen MR) is 109 cm³/mol. The number of nitrogens with zero attached hydrogens (tertiary/aromatic N) is 1. The van der Waals surface area contributed by atoms with Crippen molar-refractivity contribution in [3.63, 3.8) is 0 Å². The van der Waals surface area contributed by atoms with Crippen LogP contribution in [0.1, 0.15) is 11.1 Å². The zero-order chi connectivity index (χ0) is 20.3. The highest BCUT2D eigenvalue weighted by molar-refractivity contribution is 8.18. The van der Waals surface area contributed by atoms with E-state index in [2.05, 4.69) is 0 Å². The molecule has 28 heavy (non-hydrogen) atoms. The fourth-order valence-electron chi connectivity index (χ4n) is 2.79. The second kappa shape index (κ2) is 8.58. The number of hydrogen-bond acceptors (Lipinski definition) is 6. The van der Waals surface area contributed by atoms with E-state index in [1.54, 1.807) is 36.4 Å². The van der Waals surface area contributed by atoms with Crippen LogP contribution in [0.5, 0.6) is 17.2 Å². The lowest BCUT2D eigenvalue weighted by Gasteiger charge is -2.13. The highest BCUT2D eigenvalue weighted by Gasteiger charge is 2.35. The number of benzene rings is 2. The summed E-state index contributed by atoms with van der Waals surface area (Å²) in [5.41, 5.74) is 1.44. The smallest absolute Gasteiger partial charge is 0.293 e. The lowest BCUT2D eigenvalue weighted by atomic mass is 10.1. The average Bonchev–Trinajstić information content (AvgIpc) is 2.94. The molecule has 0 unspecified atom stereocenters. The largest absolute Gasteiger partial charge is 0.493 e. The minimum absolute atomic E-state index is 0.165. The summed E-state index contributed by atoms with van der Waals surface area (Å²) in [6.07, 6.45) is 1.63. The van der Waals surface area contributed by atoms with E-state index in [1.165, 1.54) is 26.2 Å². The predicted octanol–water partition coefficient (Wildman–Crippen LogP) is 4.60. The van der Waals surface area contributed by atoms with E-state index in [9.17, 15) is 9.59 Å². The molecule has 3 rings (SSSR count). The molecule has 0 aromatic heterocycles. The van der Waals surface area contributed by atoms with Gasteiger partial charge in [0.1, 0.15) is 0 Å². The molecule has 1 saturated heterocycles. The Labute approximate surface area is 172 Å². The number of imide groups is 1. The van der Waals surface area contributed by atoms with Crippen molar-refractivity contribution < 1.29 is 23.8 Å². The Morgan fingerprint density at radius 1 is 1.04 bits per heavy atom. The first-order valence-corrected chi connectivity index (χ1v) is 9.46.